The van der Waals surface area contributed by atoms with Gasteiger partial charge in [0.1, 0.15) is 5.82 Å². The number of carbonyl (C=O) groups is 2. The molecule has 1 rings (SSSR count). The van der Waals surface area contributed by atoms with Gasteiger partial charge in [0.2, 0.25) is 0 Å². The van der Waals surface area contributed by atoms with E-state index in [1.807, 2.05) is 5.32 Å². The molecule has 1 aromatic rings. The van der Waals surface area contributed by atoms with Gasteiger partial charge in [0.15, 0.2) is 0 Å². The summed E-state index contributed by atoms with van der Waals surface area (Å²) in [6.07, 6.45) is 0. The zero-order valence-corrected chi connectivity index (χ0v) is 7.51. The number of hydrogen-bond acceptors (Lipinski definition) is 2. The summed E-state index contributed by atoms with van der Waals surface area (Å²) < 4.78 is 12.6. The summed E-state index contributed by atoms with van der Waals surface area (Å²) in [4.78, 5) is 20.8. The van der Waals surface area contributed by atoms with Gasteiger partial charge < -0.3 is 10.4 Å². The Balaban J connectivity index is 2.91. The Hall–Kier alpha value is -1.62. The van der Waals surface area contributed by atoms with E-state index in [2.05, 4.69) is 0 Å². The molecule has 74 valence electrons. The number of rotatable bonds is 1. The van der Waals surface area contributed by atoms with Crippen LogP contribution in [0.2, 0.25) is 5.02 Å². The molecule has 1 amide bonds. The molecule has 0 unspecified atom stereocenters. The van der Waals surface area contributed by atoms with E-state index in [9.17, 15) is 14.0 Å². The highest BCUT2D eigenvalue weighted by atomic mass is 35.5. The van der Waals surface area contributed by atoms with Crippen LogP contribution in [0.25, 0.3) is 0 Å². The second-order valence-corrected chi connectivity index (χ2v) is 2.79. The van der Waals surface area contributed by atoms with Crippen molar-refractivity contribution in [1.82, 2.24) is 0 Å². The fourth-order valence-corrected chi connectivity index (χ4v) is 0.934. The van der Waals surface area contributed by atoms with Crippen molar-refractivity contribution >= 4 is 29.2 Å². The summed E-state index contributed by atoms with van der Waals surface area (Å²) in [5, 5.41) is 10.3. The van der Waals surface area contributed by atoms with Crippen LogP contribution in [0.3, 0.4) is 0 Å². The minimum atomic E-state index is -1.66. The first-order valence-corrected chi connectivity index (χ1v) is 3.88. The second kappa shape index (κ2) is 4.06. The van der Waals surface area contributed by atoms with Gasteiger partial charge in [-0.3, -0.25) is 4.79 Å². The lowest BCUT2D eigenvalue weighted by Crippen LogP contribution is -2.22. The quantitative estimate of drug-likeness (QED) is 0.701. The SMILES string of the molecule is O=C(O)C(=O)Nc1cc(F)ccc1Cl. The van der Waals surface area contributed by atoms with Gasteiger partial charge >= 0.3 is 11.9 Å². The predicted molar refractivity (Wildman–Crippen MR) is 47.7 cm³/mol. The van der Waals surface area contributed by atoms with Crippen molar-refractivity contribution in [2.75, 3.05) is 5.32 Å². The maximum atomic E-state index is 12.6. The largest absolute Gasteiger partial charge is 0.474 e. The first-order valence-electron chi connectivity index (χ1n) is 3.50. The summed E-state index contributed by atoms with van der Waals surface area (Å²) in [7, 11) is 0. The third-order valence-corrected chi connectivity index (χ3v) is 1.70. The van der Waals surface area contributed by atoms with Crippen LogP contribution < -0.4 is 5.32 Å². The number of nitrogens with one attached hydrogen (secondary N) is 1. The lowest BCUT2D eigenvalue weighted by molar-refractivity contribution is -0.147. The van der Waals surface area contributed by atoms with Gasteiger partial charge in [0, 0.05) is 0 Å². The Morgan fingerprint density at radius 3 is 2.64 bits per heavy atom. The molecule has 0 fully saturated rings. The van der Waals surface area contributed by atoms with E-state index in [-0.39, 0.29) is 10.7 Å². The molecule has 0 aromatic heterocycles. The highest BCUT2D eigenvalue weighted by molar-refractivity contribution is 6.39. The molecular formula is C8H5ClFNO3. The van der Waals surface area contributed by atoms with Crippen LogP contribution in [-0.4, -0.2) is 17.0 Å². The Morgan fingerprint density at radius 2 is 2.07 bits per heavy atom. The summed E-state index contributed by atoms with van der Waals surface area (Å²) in [6, 6.07) is 3.25. The van der Waals surface area contributed by atoms with Crippen LogP contribution >= 0.6 is 11.6 Å². The summed E-state index contributed by atoms with van der Waals surface area (Å²) in [5.74, 6) is -3.54. The Morgan fingerprint density at radius 1 is 1.43 bits per heavy atom. The van der Waals surface area contributed by atoms with E-state index in [1.165, 1.54) is 6.07 Å². The number of carboxylic acids is 1. The molecule has 0 aliphatic carbocycles. The second-order valence-electron chi connectivity index (χ2n) is 2.38. The maximum absolute atomic E-state index is 12.6. The number of carboxylic acid groups (broad SMARTS) is 1. The number of aliphatic carboxylic acids is 1. The third-order valence-electron chi connectivity index (χ3n) is 1.37. The molecule has 14 heavy (non-hydrogen) atoms. The Bertz CT molecular complexity index is 394. The zero-order valence-electron chi connectivity index (χ0n) is 6.75. The van der Waals surface area contributed by atoms with Gasteiger partial charge in [-0.1, -0.05) is 11.6 Å². The van der Waals surface area contributed by atoms with Gasteiger partial charge in [0.05, 0.1) is 10.7 Å². The van der Waals surface area contributed by atoms with E-state index in [0.29, 0.717) is 0 Å². The number of hydrogen-bond donors (Lipinski definition) is 2. The molecule has 0 atom stereocenters. The molecular weight excluding hydrogens is 213 g/mol. The highest BCUT2D eigenvalue weighted by Gasteiger charge is 2.13. The van der Waals surface area contributed by atoms with Crippen molar-refractivity contribution in [3.05, 3.63) is 29.0 Å². The molecule has 0 heterocycles. The van der Waals surface area contributed by atoms with Crippen LogP contribution in [0, 0.1) is 5.82 Å². The number of carbonyl (C=O) groups excluding carboxylic acids is 1. The minimum absolute atomic E-state index is 0.0703. The number of amides is 1. The van der Waals surface area contributed by atoms with E-state index in [0.717, 1.165) is 12.1 Å². The predicted octanol–water partition coefficient (Wildman–Crippen LogP) is 1.50. The van der Waals surface area contributed by atoms with E-state index in [1.54, 1.807) is 0 Å². The van der Waals surface area contributed by atoms with Crippen LogP contribution in [0.4, 0.5) is 10.1 Å². The average molecular weight is 218 g/mol. The minimum Gasteiger partial charge on any atom is -0.474 e. The standard InChI is InChI=1S/C8H5ClFNO3/c9-5-2-1-4(10)3-6(5)11-7(12)8(13)14/h1-3H,(H,11,12)(H,13,14). The number of anilines is 1. The summed E-state index contributed by atoms with van der Waals surface area (Å²) in [6.45, 7) is 0. The van der Waals surface area contributed by atoms with Crippen molar-refractivity contribution in [3.8, 4) is 0 Å². The molecule has 1 aromatic carbocycles. The summed E-state index contributed by atoms with van der Waals surface area (Å²) >= 11 is 5.57. The molecule has 0 bridgehead atoms. The monoisotopic (exact) mass is 217 g/mol. The van der Waals surface area contributed by atoms with Gasteiger partial charge in [-0.15, -0.1) is 0 Å². The molecule has 0 spiro atoms. The normalized spacial score (nSPS) is 9.57. The Labute approximate surface area is 83.3 Å². The van der Waals surface area contributed by atoms with E-state index in [4.69, 9.17) is 16.7 Å². The van der Waals surface area contributed by atoms with E-state index >= 15 is 0 Å². The molecule has 0 aliphatic heterocycles. The summed E-state index contributed by atoms with van der Waals surface area (Å²) in [5.41, 5.74) is -0.0703. The van der Waals surface area contributed by atoms with Crippen LogP contribution in [-0.2, 0) is 9.59 Å². The van der Waals surface area contributed by atoms with Gasteiger partial charge in [-0.25, -0.2) is 9.18 Å². The maximum Gasteiger partial charge on any atom is 0.394 e. The average Bonchev–Trinajstić information content (AvgIpc) is 2.11. The van der Waals surface area contributed by atoms with Crippen LogP contribution in [0.5, 0.6) is 0 Å². The van der Waals surface area contributed by atoms with Gasteiger partial charge in [-0.05, 0) is 18.2 Å². The number of benzene rings is 1. The molecule has 0 radical (unpaired) electrons. The fourth-order valence-electron chi connectivity index (χ4n) is 0.769. The fraction of sp³-hybridized carbons (Fsp3) is 0. The highest BCUT2D eigenvalue weighted by Crippen LogP contribution is 2.22. The Kier molecular flexibility index (Phi) is 3.03. The molecule has 6 heteroatoms. The zero-order chi connectivity index (χ0) is 10.7. The first-order chi connectivity index (χ1) is 6.50. The van der Waals surface area contributed by atoms with Crippen molar-refractivity contribution in [2.45, 2.75) is 0 Å². The third kappa shape index (κ3) is 2.43. The van der Waals surface area contributed by atoms with Crippen LogP contribution in [0.1, 0.15) is 0 Å². The van der Waals surface area contributed by atoms with Crippen molar-refractivity contribution < 1.29 is 19.1 Å². The molecule has 0 saturated heterocycles. The lowest BCUT2D eigenvalue weighted by Gasteiger charge is -2.03. The first kappa shape index (κ1) is 10.5. The van der Waals surface area contributed by atoms with Gasteiger partial charge in [-0.2, -0.15) is 0 Å². The van der Waals surface area contributed by atoms with E-state index < -0.39 is 17.7 Å². The van der Waals surface area contributed by atoms with Crippen molar-refractivity contribution in [1.29, 1.82) is 0 Å². The molecule has 0 saturated carbocycles. The smallest absolute Gasteiger partial charge is 0.394 e. The number of halogens is 2. The molecule has 2 N–H and O–H groups in total. The molecule has 4 nitrogen and oxygen atoms in total. The lowest BCUT2D eigenvalue weighted by atomic mass is 10.3. The molecule has 0 aliphatic rings. The van der Waals surface area contributed by atoms with Crippen molar-refractivity contribution in [2.24, 2.45) is 0 Å². The van der Waals surface area contributed by atoms with Crippen LogP contribution in [0.15, 0.2) is 18.2 Å². The van der Waals surface area contributed by atoms with Gasteiger partial charge in [0.25, 0.3) is 0 Å². The van der Waals surface area contributed by atoms with Crippen molar-refractivity contribution in [3.63, 3.8) is 0 Å². The topological polar surface area (TPSA) is 66.4 Å².